The molecule has 1 atom stereocenters. The SMILES string of the molecule is O=C1C(Cl)CCCCCCCCCC1(Br)Br. The Labute approximate surface area is 120 Å². The van der Waals surface area contributed by atoms with Crippen molar-refractivity contribution in [2.24, 2.45) is 0 Å². The molecule has 0 radical (unpaired) electrons. The molecule has 0 aliphatic heterocycles. The zero-order valence-corrected chi connectivity index (χ0v) is 13.4. The first-order chi connectivity index (χ1) is 7.54. The van der Waals surface area contributed by atoms with E-state index in [0.29, 0.717) is 0 Å². The molecule has 0 saturated heterocycles. The highest BCUT2D eigenvalue weighted by atomic mass is 79.9. The third-order valence-electron chi connectivity index (χ3n) is 3.09. The topological polar surface area (TPSA) is 17.1 Å². The van der Waals surface area contributed by atoms with E-state index in [1.165, 1.54) is 32.1 Å². The molecule has 0 aromatic carbocycles. The highest BCUT2D eigenvalue weighted by Crippen LogP contribution is 2.36. The van der Waals surface area contributed by atoms with Crippen molar-refractivity contribution < 1.29 is 4.79 Å². The molecule has 4 heteroatoms. The van der Waals surface area contributed by atoms with Gasteiger partial charge >= 0.3 is 0 Å². The lowest BCUT2D eigenvalue weighted by Gasteiger charge is -2.22. The largest absolute Gasteiger partial charge is 0.295 e. The molecule has 1 unspecified atom stereocenters. The Morgan fingerprint density at radius 1 is 1.00 bits per heavy atom. The second-order valence-corrected chi connectivity index (χ2v) is 8.85. The van der Waals surface area contributed by atoms with Gasteiger partial charge in [0.05, 0.1) is 5.38 Å². The summed E-state index contributed by atoms with van der Waals surface area (Å²) in [6.45, 7) is 0. The fourth-order valence-electron chi connectivity index (χ4n) is 2.04. The summed E-state index contributed by atoms with van der Waals surface area (Å²) in [5, 5.41) is -0.349. The molecule has 1 nitrogen and oxygen atoms in total. The van der Waals surface area contributed by atoms with E-state index in [-0.39, 0.29) is 11.2 Å². The van der Waals surface area contributed by atoms with Crippen LogP contribution in [0.15, 0.2) is 0 Å². The number of alkyl halides is 3. The molecular formula is C12H19Br2ClO. The Morgan fingerprint density at radius 2 is 1.50 bits per heavy atom. The molecular weight excluding hydrogens is 355 g/mol. The van der Waals surface area contributed by atoms with Crippen LogP contribution in [-0.4, -0.2) is 14.4 Å². The number of carbonyl (C=O) groups is 1. The van der Waals surface area contributed by atoms with Crippen LogP contribution >= 0.6 is 43.5 Å². The Balaban J connectivity index is 2.55. The van der Waals surface area contributed by atoms with Crippen LogP contribution in [-0.2, 0) is 4.79 Å². The van der Waals surface area contributed by atoms with Gasteiger partial charge in [0, 0.05) is 0 Å². The first-order valence-electron chi connectivity index (χ1n) is 6.10. The summed E-state index contributed by atoms with van der Waals surface area (Å²) >= 11 is 13.1. The fraction of sp³-hybridized carbons (Fsp3) is 0.917. The molecule has 0 N–H and O–H groups in total. The number of hydrogen-bond donors (Lipinski definition) is 0. The molecule has 0 aromatic heterocycles. The molecule has 1 aliphatic rings. The third-order valence-corrected chi connectivity index (χ3v) is 5.08. The number of carbonyl (C=O) groups excluding carboxylic acids is 1. The zero-order chi connectivity index (χ0) is 12.0. The minimum absolute atomic E-state index is 0.0924. The van der Waals surface area contributed by atoms with Gasteiger partial charge in [0.1, 0.15) is 3.23 Å². The van der Waals surface area contributed by atoms with Crippen LogP contribution in [0.1, 0.15) is 57.8 Å². The van der Waals surface area contributed by atoms with E-state index in [2.05, 4.69) is 31.9 Å². The van der Waals surface area contributed by atoms with Crippen LogP contribution in [0, 0.1) is 0 Å². The lowest BCUT2D eigenvalue weighted by atomic mass is 10.00. The molecule has 0 amide bonds. The van der Waals surface area contributed by atoms with Crippen LogP contribution in [0.3, 0.4) is 0 Å². The summed E-state index contributed by atoms with van der Waals surface area (Å²) in [7, 11) is 0. The van der Waals surface area contributed by atoms with Crippen molar-refractivity contribution >= 4 is 49.2 Å². The number of halogens is 3. The summed E-state index contributed by atoms with van der Waals surface area (Å²) in [5.74, 6) is 0.0924. The lowest BCUT2D eigenvalue weighted by Crippen LogP contribution is -2.32. The van der Waals surface area contributed by atoms with Crippen molar-refractivity contribution in [1.82, 2.24) is 0 Å². The number of ketones is 1. The normalized spacial score (nSPS) is 29.2. The predicted molar refractivity (Wildman–Crippen MR) is 76.8 cm³/mol. The average Bonchev–Trinajstić information content (AvgIpc) is 2.24. The van der Waals surface area contributed by atoms with E-state index in [1.807, 2.05) is 0 Å². The van der Waals surface area contributed by atoms with Gasteiger partial charge in [-0.3, -0.25) is 4.79 Å². The van der Waals surface area contributed by atoms with Gasteiger partial charge < -0.3 is 0 Å². The molecule has 0 aromatic rings. The molecule has 1 aliphatic carbocycles. The van der Waals surface area contributed by atoms with Crippen LogP contribution in [0.2, 0.25) is 0 Å². The van der Waals surface area contributed by atoms with Gasteiger partial charge in [-0.25, -0.2) is 0 Å². The Morgan fingerprint density at radius 3 is 2.12 bits per heavy atom. The molecule has 0 spiro atoms. The quantitative estimate of drug-likeness (QED) is 0.534. The molecule has 1 fully saturated rings. The maximum atomic E-state index is 12.1. The highest BCUT2D eigenvalue weighted by molar-refractivity contribution is 9.25. The maximum Gasteiger partial charge on any atom is 0.177 e. The van der Waals surface area contributed by atoms with Crippen molar-refractivity contribution in [1.29, 1.82) is 0 Å². The van der Waals surface area contributed by atoms with Gasteiger partial charge in [-0.1, -0.05) is 76.8 Å². The van der Waals surface area contributed by atoms with Crippen molar-refractivity contribution in [2.75, 3.05) is 0 Å². The highest BCUT2D eigenvalue weighted by Gasteiger charge is 2.35. The van der Waals surface area contributed by atoms with E-state index in [9.17, 15) is 4.79 Å². The van der Waals surface area contributed by atoms with Crippen molar-refractivity contribution in [3.05, 3.63) is 0 Å². The Kier molecular flexibility index (Phi) is 6.91. The monoisotopic (exact) mass is 372 g/mol. The van der Waals surface area contributed by atoms with Crippen molar-refractivity contribution in [2.45, 2.75) is 66.4 Å². The predicted octanol–water partition coefficient (Wildman–Crippen LogP) is 5.17. The van der Waals surface area contributed by atoms with Crippen molar-refractivity contribution in [3.8, 4) is 0 Å². The average molecular weight is 375 g/mol. The van der Waals surface area contributed by atoms with Crippen molar-refractivity contribution in [3.63, 3.8) is 0 Å². The summed E-state index contributed by atoms with van der Waals surface area (Å²) in [4.78, 5) is 12.1. The van der Waals surface area contributed by atoms with E-state index in [1.54, 1.807) is 0 Å². The van der Waals surface area contributed by atoms with Gasteiger partial charge in [-0.15, -0.1) is 11.6 Å². The molecule has 1 saturated carbocycles. The maximum absolute atomic E-state index is 12.1. The van der Waals surface area contributed by atoms with Crippen LogP contribution in [0.5, 0.6) is 0 Å². The minimum atomic E-state index is -0.592. The Bertz CT molecular complexity index is 231. The number of hydrogen-bond acceptors (Lipinski definition) is 1. The van der Waals surface area contributed by atoms with E-state index < -0.39 is 3.23 Å². The molecule has 0 heterocycles. The Hall–Kier alpha value is 0.920. The summed E-state index contributed by atoms with van der Waals surface area (Å²) in [6, 6.07) is 0. The van der Waals surface area contributed by atoms with E-state index in [0.717, 1.165) is 25.7 Å². The van der Waals surface area contributed by atoms with Gasteiger partial charge in [0.15, 0.2) is 5.78 Å². The van der Waals surface area contributed by atoms with Crippen LogP contribution in [0.25, 0.3) is 0 Å². The smallest absolute Gasteiger partial charge is 0.177 e. The number of Topliss-reactive ketones (excluding diaryl/α,β-unsaturated/α-hetero) is 1. The van der Waals surface area contributed by atoms with E-state index in [4.69, 9.17) is 11.6 Å². The van der Waals surface area contributed by atoms with Crippen LogP contribution in [0.4, 0.5) is 0 Å². The molecule has 1 rings (SSSR count). The molecule has 0 bridgehead atoms. The summed E-state index contributed by atoms with van der Waals surface area (Å²) in [5.41, 5.74) is 0. The second-order valence-electron chi connectivity index (χ2n) is 4.55. The second kappa shape index (κ2) is 7.38. The summed E-state index contributed by atoms with van der Waals surface area (Å²) in [6.07, 6.45) is 10.1. The fourth-order valence-corrected chi connectivity index (χ4v) is 3.76. The molecule has 16 heavy (non-hydrogen) atoms. The standard InChI is InChI=1S/C12H19Br2ClO/c13-12(14)9-7-5-3-1-2-4-6-8-10(15)11(12)16/h10H,1-9H2. The number of rotatable bonds is 0. The minimum Gasteiger partial charge on any atom is -0.295 e. The van der Waals surface area contributed by atoms with Gasteiger partial charge in [-0.2, -0.15) is 0 Å². The van der Waals surface area contributed by atoms with Gasteiger partial charge in [-0.05, 0) is 12.8 Å². The first-order valence-corrected chi connectivity index (χ1v) is 8.12. The lowest BCUT2D eigenvalue weighted by molar-refractivity contribution is -0.119. The van der Waals surface area contributed by atoms with Crippen LogP contribution < -0.4 is 0 Å². The van der Waals surface area contributed by atoms with Gasteiger partial charge in [0.2, 0.25) is 0 Å². The van der Waals surface area contributed by atoms with E-state index >= 15 is 0 Å². The first kappa shape index (κ1) is 15.0. The molecule has 94 valence electrons. The zero-order valence-electron chi connectivity index (χ0n) is 9.48. The van der Waals surface area contributed by atoms with Gasteiger partial charge in [0.25, 0.3) is 0 Å². The summed E-state index contributed by atoms with van der Waals surface area (Å²) < 4.78 is -0.592. The third kappa shape index (κ3) is 5.05.